The average Bonchev–Trinajstić information content (AvgIpc) is 3.13. The van der Waals surface area contributed by atoms with Gasteiger partial charge in [0.2, 0.25) is 5.91 Å². The van der Waals surface area contributed by atoms with Crippen molar-refractivity contribution < 1.29 is 4.79 Å². The van der Waals surface area contributed by atoms with Crippen LogP contribution < -0.4 is 10.6 Å². The third kappa shape index (κ3) is 3.77. The van der Waals surface area contributed by atoms with E-state index < -0.39 is 0 Å². The minimum Gasteiger partial charge on any atom is -0.316 e. The van der Waals surface area contributed by atoms with Gasteiger partial charge in [0.15, 0.2) is 10.3 Å². The maximum atomic E-state index is 11.5. The van der Waals surface area contributed by atoms with Gasteiger partial charge in [-0.25, -0.2) is 15.0 Å². The highest BCUT2D eigenvalue weighted by Gasteiger charge is 2.14. The van der Waals surface area contributed by atoms with Gasteiger partial charge in [-0.2, -0.15) is 0 Å². The van der Waals surface area contributed by atoms with E-state index in [1.54, 1.807) is 6.20 Å². The Balaban J connectivity index is 1.79. The Labute approximate surface area is 148 Å². The van der Waals surface area contributed by atoms with Crippen molar-refractivity contribution in [2.45, 2.75) is 27.2 Å². The van der Waals surface area contributed by atoms with Crippen molar-refractivity contribution in [2.24, 2.45) is 0 Å². The maximum absolute atomic E-state index is 11.5. The van der Waals surface area contributed by atoms with Crippen molar-refractivity contribution in [2.75, 3.05) is 10.6 Å². The molecule has 24 heavy (non-hydrogen) atoms. The number of anilines is 3. The number of amides is 1. The van der Waals surface area contributed by atoms with E-state index in [1.165, 1.54) is 22.7 Å². The van der Waals surface area contributed by atoms with Gasteiger partial charge in [0, 0.05) is 18.0 Å². The average molecular weight is 359 g/mol. The molecule has 3 heterocycles. The fourth-order valence-corrected chi connectivity index (χ4v) is 3.77. The smallest absolute Gasteiger partial charge is 0.225 e. The first kappa shape index (κ1) is 16.5. The number of thiazole rings is 2. The zero-order chi connectivity index (χ0) is 17.1. The molecular formula is C16H17N5OS2. The molecule has 3 aromatic rings. The lowest BCUT2D eigenvalue weighted by Crippen LogP contribution is -2.08. The van der Waals surface area contributed by atoms with Crippen molar-refractivity contribution in [3.05, 3.63) is 35.0 Å². The summed E-state index contributed by atoms with van der Waals surface area (Å²) in [6, 6.07) is 3.92. The lowest BCUT2D eigenvalue weighted by molar-refractivity contribution is -0.115. The molecule has 0 aliphatic rings. The van der Waals surface area contributed by atoms with Crippen LogP contribution in [0.25, 0.3) is 10.6 Å². The molecule has 0 saturated heterocycles. The minimum absolute atomic E-state index is 0.0403. The van der Waals surface area contributed by atoms with Crippen molar-refractivity contribution >= 4 is 44.7 Å². The van der Waals surface area contributed by atoms with Crippen LogP contribution in [0.15, 0.2) is 23.7 Å². The predicted molar refractivity (Wildman–Crippen MR) is 99.1 cm³/mol. The summed E-state index contributed by atoms with van der Waals surface area (Å²) in [6.07, 6.45) is 2.20. The molecule has 3 rings (SSSR count). The summed E-state index contributed by atoms with van der Waals surface area (Å²) in [5.41, 5.74) is 2.85. The van der Waals surface area contributed by atoms with E-state index >= 15 is 0 Å². The number of hydrogen-bond donors (Lipinski definition) is 2. The number of aryl methyl sites for hydroxylation is 2. The lowest BCUT2D eigenvalue weighted by atomic mass is 10.3. The number of hydrogen-bond acceptors (Lipinski definition) is 7. The molecule has 0 unspecified atom stereocenters. The van der Waals surface area contributed by atoms with Crippen LogP contribution in [0, 0.1) is 13.8 Å². The summed E-state index contributed by atoms with van der Waals surface area (Å²) in [4.78, 5) is 25.7. The lowest BCUT2D eigenvalue weighted by Gasteiger charge is -2.01. The van der Waals surface area contributed by atoms with Crippen molar-refractivity contribution in [1.82, 2.24) is 15.0 Å². The van der Waals surface area contributed by atoms with Crippen LogP contribution >= 0.6 is 22.7 Å². The Bertz CT molecular complexity index is 871. The van der Waals surface area contributed by atoms with Gasteiger partial charge in [-0.1, -0.05) is 18.3 Å². The second-order valence-corrected chi connectivity index (χ2v) is 7.07. The topological polar surface area (TPSA) is 79.8 Å². The van der Waals surface area contributed by atoms with Crippen molar-refractivity contribution in [3.63, 3.8) is 0 Å². The molecule has 2 N–H and O–H groups in total. The fourth-order valence-electron chi connectivity index (χ4n) is 2.04. The van der Waals surface area contributed by atoms with Gasteiger partial charge in [-0.15, -0.1) is 11.3 Å². The van der Waals surface area contributed by atoms with Gasteiger partial charge in [-0.05, 0) is 31.5 Å². The van der Waals surface area contributed by atoms with E-state index in [-0.39, 0.29) is 5.91 Å². The Hall–Kier alpha value is -2.32. The van der Waals surface area contributed by atoms with Crippen LogP contribution in [-0.2, 0) is 4.79 Å². The largest absolute Gasteiger partial charge is 0.316 e. The van der Waals surface area contributed by atoms with Crippen LogP contribution in [0.3, 0.4) is 0 Å². The van der Waals surface area contributed by atoms with Gasteiger partial charge in [-0.3, -0.25) is 4.79 Å². The van der Waals surface area contributed by atoms with Crippen molar-refractivity contribution in [1.29, 1.82) is 0 Å². The first-order valence-electron chi connectivity index (χ1n) is 7.48. The molecule has 0 radical (unpaired) electrons. The number of carbonyl (C=O) groups excluding carboxylic acids is 1. The van der Waals surface area contributed by atoms with E-state index in [0.717, 1.165) is 32.8 Å². The minimum atomic E-state index is -0.0403. The van der Waals surface area contributed by atoms with Crippen LogP contribution in [-0.4, -0.2) is 20.9 Å². The van der Waals surface area contributed by atoms with E-state index in [2.05, 4.69) is 25.6 Å². The Morgan fingerprint density at radius 3 is 2.83 bits per heavy atom. The number of aromatic nitrogens is 3. The molecule has 0 fully saturated rings. The highest BCUT2D eigenvalue weighted by molar-refractivity contribution is 7.20. The molecule has 0 bridgehead atoms. The van der Waals surface area contributed by atoms with Gasteiger partial charge in [0.05, 0.1) is 16.3 Å². The number of nitrogens with zero attached hydrogens (tertiary/aromatic N) is 3. The third-order valence-corrected chi connectivity index (χ3v) is 5.10. The summed E-state index contributed by atoms with van der Waals surface area (Å²) in [5, 5.41) is 9.37. The van der Waals surface area contributed by atoms with Crippen LogP contribution in [0.2, 0.25) is 0 Å². The molecular weight excluding hydrogens is 342 g/mol. The highest BCUT2D eigenvalue weighted by Crippen LogP contribution is 2.35. The first-order chi connectivity index (χ1) is 11.5. The van der Waals surface area contributed by atoms with E-state index in [1.807, 2.05) is 38.3 Å². The number of rotatable bonds is 5. The highest BCUT2D eigenvalue weighted by atomic mass is 32.1. The van der Waals surface area contributed by atoms with Gasteiger partial charge in [0.25, 0.3) is 0 Å². The maximum Gasteiger partial charge on any atom is 0.225 e. The quantitative estimate of drug-likeness (QED) is 0.707. The predicted octanol–water partition coefficient (Wildman–Crippen LogP) is 4.37. The molecule has 3 aromatic heterocycles. The van der Waals surface area contributed by atoms with Gasteiger partial charge < -0.3 is 10.6 Å². The molecule has 0 aromatic carbocycles. The molecule has 0 aliphatic carbocycles. The zero-order valence-corrected chi connectivity index (χ0v) is 15.2. The number of pyridine rings is 1. The summed E-state index contributed by atoms with van der Waals surface area (Å²) in [6.45, 7) is 5.75. The van der Waals surface area contributed by atoms with Gasteiger partial charge in [0.1, 0.15) is 5.82 Å². The SMILES string of the molecule is CCC(=O)Nc1nc(C)c(-c2csc(Nc3cc(C)ccn3)n2)s1. The molecule has 8 heteroatoms. The summed E-state index contributed by atoms with van der Waals surface area (Å²) >= 11 is 2.95. The standard InChI is InChI=1S/C16H17N5OS2/c1-4-13(22)21-16-18-10(3)14(24-16)11-8-23-15(19-11)20-12-7-9(2)5-6-17-12/h5-8H,4H2,1-3H3,(H,17,19,20)(H,18,21,22). The molecule has 0 spiro atoms. The molecule has 6 nitrogen and oxygen atoms in total. The number of carbonyl (C=O) groups is 1. The summed E-state index contributed by atoms with van der Waals surface area (Å²) in [5.74, 6) is 0.731. The second kappa shape index (κ2) is 7.06. The monoisotopic (exact) mass is 359 g/mol. The summed E-state index contributed by atoms with van der Waals surface area (Å²) < 4.78 is 0. The zero-order valence-electron chi connectivity index (χ0n) is 13.6. The van der Waals surface area contributed by atoms with Crippen molar-refractivity contribution in [3.8, 4) is 10.6 Å². The number of nitrogens with one attached hydrogen (secondary N) is 2. The molecule has 1 amide bonds. The second-order valence-electron chi connectivity index (χ2n) is 5.22. The molecule has 0 aliphatic heterocycles. The van der Waals surface area contributed by atoms with Crippen LogP contribution in [0.4, 0.5) is 16.1 Å². The molecule has 0 atom stereocenters. The van der Waals surface area contributed by atoms with E-state index in [9.17, 15) is 4.79 Å². The van der Waals surface area contributed by atoms with Crippen LogP contribution in [0.5, 0.6) is 0 Å². The third-order valence-electron chi connectivity index (χ3n) is 3.25. The molecule has 0 saturated carbocycles. The Morgan fingerprint density at radius 2 is 2.08 bits per heavy atom. The van der Waals surface area contributed by atoms with E-state index in [4.69, 9.17) is 0 Å². The Morgan fingerprint density at radius 1 is 1.25 bits per heavy atom. The van der Waals surface area contributed by atoms with Crippen LogP contribution in [0.1, 0.15) is 24.6 Å². The summed E-state index contributed by atoms with van der Waals surface area (Å²) in [7, 11) is 0. The van der Waals surface area contributed by atoms with Gasteiger partial charge >= 0.3 is 0 Å². The Kier molecular flexibility index (Phi) is 4.86. The molecule has 124 valence electrons. The fraction of sp³-hybridized carbons (Fsp3) is 0.250. The first-order valence-corrected chi connectivity index (χ1v) is 9.17. The van der Waals surface area contributed by atoms with E-state index in [0.29, 0.717) is 11.6 Å². The normalized spacial score (nSPS) is 10.6.